The Morgan fingerprint density at radius 3 is 2.58 bits per heavy atom. The molecular weight excluding hydrogens is 266 g/mol. The van der Waals surface area contributed by atoms with E-state index in [1.165, 1.54) is 4.90 Å². The van der Waals surface area contributed by atoms with Crippen molar-refractivity contribution in [1.82, 2.24) is 0 Å². The number of carbonyl (C=O) groups excluding carboxylic acids is 1. The Morgan fingerprint density at radius 2 is 1.89 bits per heavy atom. The van der Waals surface area contributed by atoms with Crippen molar-refractivity contribution >= 4 is 5.78 Å². The Hall–Kier alpha value is -1.26. The molecule has 1 aromatic carbocycles. The third kappa shape index (κ3) is 4.40. The van der Waals surface area contributed by atoms with Gasteiger partial charge < -0.3 is 26.8 Å². The maximum Gasteiger partial charge on any atom is 0.168 e. The Labute approximate surface area is 120 Å². The van der Waals surface area contributed by atoms with Crippen molar-refractivity contribution in [2.24, 2.45) is 0 Å². The zero-order chi connectivity index (χ0) is 13.0. The van der Waals surface area contributed by atoms with Gasteiger partial charge in [0, 0.05) is 12.0 Å². The summed E-state index contributed by atoms with van der Waals surface area (Å²) in [6, 6.07) is 5.45. The number of Topliss-reactive ketones (excluding diaryl/α,β-unsaturated/α-hetero) is 1. The van der Waals surface area contributed by atoms with Crippen molar-refractivity contribution in [3.63, 3.8) is 0 Å². The minimum Gasteiger partial charge on any atom is -1.00 e. The molecule has 1 N–H and O–H groups in total. The highest BCUT2D eigenvalue weighted by Gasteiger charge is 2.14. The number of benzene rings is 1. The van der Waals surface area contributed by atoms with E-state index in [-0.39, 0.29) is 18.2 Å². The lowest BCUT2D eigenvalue weighted by molar-refractivity contribution is -0.857. The highest BCUT2D eigenvalue weighted by molar-refractivity contribution is 5.96. The number of hydrogen-bond acceptors (Lipinski definition) is 3. The highest BCUT2D eigenvalue weighted by atomic mass is 35.5. The Bertz CT molecular complexity index is 435. The molecule has 2 rings (SSSR count). The first-order chi connectivity index (χ1) is 8.66. The van der Waals surface area contributed by atoms with Gasteiger partial charge in [0.1, 0.15) is 0 Å². The number of ketones is 1. The van der Waals surface area contributed by atoms with Crippen LogP contribution in [0.3, 0.4) is 0 Å². The number of nitrogens with one attached hydrogen (secondary N) is 1. The van der Waals surface area contributed by atoms with Crippen molar-refractivity contribution in [2.45, 2.75) is 12.8 Å². The van der Waals surface area contributed by atoms with Gasteiger partial charge in [0.05, 0.1) is 40.3 Å². The van der Waals surface area contributed by atoms with E-state index in [2.05, 4.69) is 0 Å². The van der Waals surface area contributed by atoms with Gasteiger partial charge in [0.15, 0.2) is 17.3 Å². The fourth-order valence-corrected chi connectivity index (χ4v) is 1.84. The molecule has 0 unspecified atom stereocenters. The van der Waals surface area contributed by atoms with Crippen LogP contribution in [0.15, 0.2) is 18.2 Å². The van der Waals surface area contributed by atoms with E-state index in [0.717, 1.165) is 18.7 Å². The molecule has 0 bridgehead atoms. The second kappa shape index (κ2) is 7.36. The lowest BCUT2D eigenvalue weighted by Gasteiger charge is -2.09. The standard InChI is InChI=1S/C14H19NO3.ClH/c1-15(2)7-6-12(16)11-4-5-13-14(10-11)18-9-3-8-17-13;/h4-5,10H,3,6-9H2,1-2H3;1H. The Balaban J connectivity index is 0.00000180. The smallest absolute Gasteiger partial charge is 0.168 e. The van der Waals surface area contributed by atoms with Crippen LogP contribution in [0.4, 0.5) is 0 Å². The van der Waals surface area contributed by atoms with Crippen LogP contribution < -0.4 is 26.8 Å². The van der Waals surface area contributed by atoms with Gasteiger partial charge in [-0.2, -0.15) is 0 Å². The van der Waals surface area contributed by atoms with Gasteiger partial charge >= 0.3 is 0 Å². The molecule has 19 heavy (non-hydrogen) atoms. The molecule has 0 atom stereocenters. The van der Waals surface area contributed by atoms with Gasteiger partial charge in [0.25, 0.3) is 0 Å². The molecule has 0 saturated carbocycles. The molecule has 1 aliphatic rings. The lowest BCUT2D eigenvalue weighted by Crippen LogP contribution is -3.05. The quantitative estimate of drug-likeness (QED) is 0.626. The largest absolute Gasteiger partial charge is 1.00 e. The van der Waals surface area contributed by atoms with Gasteiger partial charge in [-0.25, -0.2) is 0 Å². The predicted octanol–water partition coefficient (Wildman–Crippen LogP) is -2.43. The van der Waals surface area contributed by atoms with Crippen molar-refractivity contribution in [2.75, 3.05) is 33.9 Å². The first kappa shape index (κ1) is 15.8. The molecule has 0 fully saturated rings. The number of hydrogen-bond donors (Lipinski definition) is 1. The summed E-state index contributed by atoms with van der Waals surface area (Å²) in [7, 11) is 4.09. The molecule has 0 spiro atoms. The van der Waals surface area contributed by atoms with Crippen molar-refractivity contribution in [3.05, 3.63) is 23.8 Å². The number of rotatable bonds is 4. The summed E-state index contributed by atoms with van der Waals surface area (Å²) in [4.78, 5) is 13.3. The molecule has 0 saturated heterocycles. The van der Waals surface area contributed by atoms with Crippen LogP contribution in [0.2, 0.25) is 0 Å². The molecule has 5 heteroatoms. The summed E-state index contributed by atoms with van der Waals surface area (Å²) in [6.45, 7) is 2.16. The summed E-state index contributed by atoms with van der Waals surface area (Å²) in [5.74, 6) is 1.59. The molecule has 1 aromatic rings. The molecule has 4 nitrogen and oxygen atoms in total. The second-order valence-electron chi connectivity index (χ2n) is 4.84. The summed E-state index contributed by atoms with van der Waals surface area (Å²) >= 11 is 0. The first-order valence-corrected chi connectivity index (χ1v) is 6.38. The zero-order valence-corrected chi connectivity index (χ0v) is 12.1. The van der Waals surface area contributed by atoms with Gasteiger partial charge in [-0.1, -0.05) is 0 Å². The van der Waals surface area contributed by atoms with E-state index in [9.17, 15) is 4.79 Å². The van der Waals surface area contributed by atoms with Crippen molar-refractivity contribution in [1.29, 1.82) is 0 Å². The first-order valence-electron chi connectivity index (χ1n) is 6.38. The van der Waals surface area contributed by atoms with Crippen LogP contribution in [0.5, 0.6) is 11.5 Å². The summed E-state index contributed by atoms with van der Waals surface area (Å²) in [5.41, 5.74) is 0.709. The molecule has 0 aromatic heterocycles. The molecular formula is C14H20ClNO3. The van der Waals surface area contributed by atoms with E-state index in [4.69, 9.17) is 9.47 Å². The third-order valence-corrected chi connectivity index (χ3v) is 2.92. The molecule has 1 heterocycles. The fraction of sp³-hybridized carbons (Fsp3) is 0.500. The molecule has 0 radical (unpaired) electrons. The number of halogens is 1. The topological polar surface area (TPSA) is 40.0 Å². The number of ether oxygens (including phenoxy) is 2. The number of quaternary nitrogens is 1. The Morgan fingerprint density at radius 1 is 1.21 bits per heavy atom. The van der Waals surface area contributed by atoms with E-state index in [1.807, 2.05) is 26.2 Å². The minimum absolute atomic E-state index is 0. The van der Waals surface area contributed by atoms with Crippen LogP contribution in [-0.4, -0.2) is 39.6 Å². The normalized spacial score (nSPS) is 13.6. The van der Waals surface area contributed by atoms with Crippen LogP contribution in [0.1, 0.15) is 23.2 Å². The fourth-order valence-electron chi connectivity index (χ4n) is 1.84. The van der Waals surface area contributed by atoms with Crippen LogP contribution in [0.25, 0.3) is 0 Å². The van der Waals surface area contributed by atoms with Crippen LogP contribution >= 0.6 is 0 Å². The van der Waals surface area contributed by atoms with E-state index in [0.29, 0.717) is 30.9 Å². The second-order valence-corrected chi connectivity index (χ2v) is 4.84. The van der Waals surface area contributed by atoms with Gasteiger partial charge in [-0.15, -0.1) is 0 Å². The van der Waals surface area contributed by atoms with Gasteiger partial charge in [0.2, 0.25) is 0 Å². The average molecular weight is 286 g/mol. The van der Waals surface area contributed by atoms with Gasteiger partial charge in [-0.05, 0) is 18.2 Å². The van der Waals surface area contributed by atoms with E-state index >= 15 is 0 Å². The average Bonchev–Trinajstić information content (AvgIpc) is 2.60. The minimum atomic E-state index is 0. The summed E-state index contributed by atoms with van der Waals surface area (Å²) in [5, 5.41) is 0. The molecule has 0 aliphatic carbocycles. The molecule has 0 amide bonds. The van der Waals surface area contributed by atoms with Crippen molar-refractivity contribution < 1.29 is 31.6 Å². The maximum atomic E-state index is 12.0. The van der Waals surface area contributed by atoms with Crippen LogP contribution in [-0.2, 0) is 0 Å². The lowest BCUT2D eigenvalue weighted by atomic mass is 10.1. The Kier molecular flexibility index (Phi) is 6.12. The van der Waals surface area contributed by atoms with Crippen LogP contribution in [0, 0.1) is 0 Å². The molecule has 1 aliphatic heterocycles. The predicted molar refractivity (Wildman–Crippen MR) is 68.7 cm³/mol. The number of fused-ring (bicyclic) bond motifs is 1. The zero-order valence-electron chi connectivity index (χ0n) is 11.4. The monoisotopic (exact) mass is 285 g/mol. The summed E-state index contributed by atoms with van der Waals surface area (Å²) < 4.78 is 11.1. The van der Waals surface area contributed by atoms with E-state index < -0.39 is 0 Å². The number of carbonyl (C=O) groups is 1. The van der Waals surface area contributed by atoms with Crippen molar-refractivity contribution in [3.8, 4) is 11.5 Å². The third-order valence-electron chi connectivity index (χ3n) is 2.92. The van der Waals surface area contributed by atoms with E-state index in [1.54, 1.807) is 6.07 Å². The summed E-state index contributed by atoms with van der Waals surface area (Å²) in [6.07, 6.45) is 1.43. The maximum absolute atomic E-state index is 12.0. The SMILES string of the molecule is C[NH+](C)CCC(=O)c1ccc2c(c1)OCCCO2.[Cl-]. The molecule has 106 valence electrons. The van der Waals surface area contributed by atoms with Gasteiger partial charge in [-0.3, -0.25) is 4.79 Å². The highest BCUT2D eigenvalue weighted by Crippen LogP contribution is 2.30.